The minimum atomic E-state index is -0.704. The third-order valence-electron chi connectivity index (χ3n) is 6.38. The lowest BCUT2D eigenvalue weighted by Crippen LogP contribution is -2.31. The number of hydrogen-bond donors (Lipinski definition) is 1. The van der Waals surface area contributed by atoms with E-state index in [1.807, 2.05) is 86.6 Å². The molecule has 1 N–H and O–H groups in total. The molecular formula is C30H31NO5. The van der Waals surface area contributed by atoms with E-state index in [4.69, 9.17) is 9.47 Å². The van der Waals surface area contributed by atoms with Gasteiger partial charge in [0.05, 0.1) is 11.6 Å². The molecule has 4 rings (SSSR count). The smallest absolute Gasteiger partial charge is 0.295 e. The zero-order valence-corrected chi connectivity index (χ0v) is 20.9. The molecule has 1 aliphatic heterocycles. The molecule has 6 nitrogen and oxygen atoms in total. The third kappa shape index (κ3) is 5.34. The highest BCUT2D eigenvalue weighted by molar-refractivity contribution is 6.46. The second-order valence-corrected chi connectivity index (χ2v) is 9.00. The minimum Gasteiger partial charge on any atom is -0.507 e. The van der Waals surface area contributed by atoms with Gasteiger partial charge in [-0.15, -0.1) is 0 Å². The maximum absolute atomic E-state index is 13.2. The van der Waals surface area contributed by atoms with Crippen LogP contribution in [0.1, 0.15) is 40.3 Å². The average Bonchev–Trinajstić information content (AvgIpc) is 3.14. The molecule has 3 aromatic carbocycles. The number of nitrogens with zero attached hydrogens (tertiary/aromatic N) is 1. The Morgan fingerprint density at radius 3 is 2.39 bits per heavy atom. The topological polar surface area (TPSA) is 76.1 Å². The van der Waals surface area contributed by atoms with Crippen molar-refractivity contribution in [1.29, 1.82) is 0 Å². The molecule has 0 aliphatic carbocycles. The highest BCUT2D eigenvalue weighted by Crippen LogP contribution is 2.40. The van der Waals surface area contributed by atoms with Crippen LogP contribution in [0.25, 0.3) is 5.76 Å². The van der Waals surface area contributed by atoms with Crippen molar-refractivity contribution in [2.24, 2.45) is 0 Å². The summed E-state index contributed by atoms with van der Waals surface area (Å²) in [5.41, 5.74) is 4.22. The molecule has 0 spiro atoms. The molecule has 1 heterocycles. The number of aliphatic hydroxyl groups is 1. The van der Waals surface area contributed by atoms with E-state index < -0.39 is 17.7 Å². The van der Waals surface area contributed by atoms with Gasteiger partial charge in [0, 0.05) is 25.8 Å². The van der Waals surface area contributed by atoms with Gasteiger partial charge in [0.1, 0.15) is 18.1 Å². The van der Waals surface area contributed by atoms with Gasteiger partial charge in [-0.05, 0) is 55.2 Å². The zero-order valence-electron chi connectivity index (χ0n) is 20.9. The molecule has 1 atom stereocenters. The van der Waals surface area contributed by atoms with E-state index in [0.717, 1.165) is 22.3 Å². The Balaban J connectivity index is 1.70. The Hall–Kier alpha value is -3.90. The first-order valence-electron chi connectivity index (χ1n) is 12.0. The number of benzene rings is 3. The Labute approximate surface area is 211 Å². The van der Waals surface area contributed by atoms with Gasteiger partial charge in [0.2, 0.25) is 0 Å². The van der Waals surface area contributed by atoms with E-state index in [2.05, 4.69) is 0 Å². The SMILES string of the molecule is COCCCN1C(=O)C(=O)/C(=C(/O)c2cc(C)ccc2C)C1c1ccc(OCc2ccccc2)cc1. The maximum atomic E-state index is 13.2. The van der Waals surface area contributed by atoms with Crippen LogP contribution in [0.15, 0.2) is 78.4 Å². The number of amides is 1. The minimum absolute atomic E-state index is 0.101. The summed E-state index contributed by atoms with van der Waals surface area (Å²) in [6, 6.07) is 22.2. The van der Waals surface area contributed by atoms with E-state index in [-0.39, 0.29) is 11.3 Å². The average molecular weight is 486 g/mol. The molecular weight excluding hydrogens is 454 g/mol. The molecule has 1 amide bonds. The highest BCUT2D eigenvalue weighted by atomic mass is 16.5. The lowest BCUT2D eigenvalue weighted by molar-refractivity contribution is -0.140. The summed E-state index contributed by atoms with van der Waals surface area (Å²) in [6.07, 6.45) is 0.571. The van der Waals surface area contributed by atoms with Crippen molar-refractivity contribution in [3.63, 3.8) is 0 Å². The van der Waals surface area contributed by atoms with Gasteiger partial charge in [-0.25, -0.2) is 0 Å². The number of rotatable bonds is 9. The van der Waals surface area contributed by atoms with Crippen molar-refractivity contribution < 1.29 is 24.2 Å². The molecule has 1 aliphatic rings. The summed E-state index contributed by atoms with van der Waals surface area (Å²) in [6.45, 7) is 5.02. The fraction of sp³-hybridized carbons (Fsp3) is 0.267. The molecule has 1 unspecified atom stereocenters. The molecule has 0 radical (unpaired) electrons. The Kier molecular flexibility index (Phi) is 7.86. The van der Waals surface area contributed by atoms with Crippen LogP contribution < -0.4 is 4.74 Å². The molecule has 3 aromatic rings. The first-order valence-corrected chi connectivity index (χ1v) is 12.0. The Morgan fingerprint density at radius 1 is 0.972 bits per heavy atom. The van der Waals surface area contributed by atoms with Crippen LogP contribution in [0.2, 0.25) is 0 Å². The predicted octanol–water partition coefficient (Wildman–Crippen LogP) is 5.34. The maximum Gasteiger partial charge on any atom is 0.295 e. The quantitative estimate of drug-likeness (QED) is 0.192. The van der Waals surface area contributed by atoms with Gasteiger partial charge in [0.15, 0.2) is 0 Å². The van der Waals surface area contributed by atoms with Crippen molar-refractivity contribution in [3.8, 4) is 5.75 Å². The van der Waals surface area contributed by atoms with Gasteiger partial charge in [-0.2, -0.15) is 0 Å². The second kappa shape index (κ2) is 11.2. The number of ether oxygens (including phenoxy) is 2. The van der Waals surface area contributed by atoms with E-state index in [0.29, 0.717) is 37.5 Å². The van der Waals surface area contributed by atoms with Crippen LogP contribution in [0.4, 0.5) is 0 Å². The van der Waals surface area contributed by atoms with Crippen molar-refractivity contribution in [2.75, 3.05) is 20.3 Å². The number of methoxy groups -OCH3 is 1. The standard InChI is InChI=1S/C30H31NO5/c1-20-10-11-21(2)25(18-20)28(32)26-27(31(16-7-17-35-3)30(34)29(26)33)23-12-14-24(15-13-23)36-19-22-8-5-4-6-9-22/h4-6,8-15,18,27,32H,7,16-17,19H2,1-3H3/b28-26+. The summed E-state index contributed by atoms with van der Waals surface area (Å²) in [5.74, 6) is -0.778. The van der Waals surface area contributed by atoms with Crippen LogP contribution in [-0.2, 0) is 20.9 Å². The number of carbonyl (C=O) groups is 2. The number of hydrogen-bond acceptors (Lipinski definition) is 5. The van der Waals surface area contributed by atoms with Gasteiger partial charge in [-0.1, -0.05) is 60.2 Å². The number of ketones is 1. The molecule has 6 heteroatoms. The molecule has 1 saturated heterocycles. The Morgan fingerprint density at radius 2 is 1.69 bits per heavy atom. The molecule has 0 aromatic heterocycles. The first kappa shape index (κ1) is 25.2. The van der Waals surface area contributed by atoms with E-state index in [1.165, 1.54) is 4.90 Å². The molecule has 1 fully saturated rings. The normalized spacial score (nSPS) is 17.0. The summed E-state index contributed by atoms with van der Waals surface area (Å²) in [5, 5.41) is 11.3. The zero-order chi connectivity index (χ0) is 25.7. The highest BCUT2D eigenvalue weighted by Gasteiger charge is 2.45. The van der Waals surface area contributed by atoms with Crippen LogP contribution >= 0.6 is 0 Å². The van der Waals surface area contributed by atoms with Crippen molar-refractivity contribution in [2.45, 2.75) is 32.9 Å². The van der Waals surface area contributed by atoms with Crippen LogP contribution in [-0.4, -0.2) is 42.0 Å². The monoisotopic (exact) mass is 485 g/mol. The van der Waals surface area contributed by atoms with E-state index in [1.54, 1.807) is 7.11 Å². The summed E-state index contributed by atoms with van der Waals surface area (Å²) in [4.78, 5) is 27.8. The number of Topliss-reactive ketones (excluding diaryl/α,β-unsaturated/α-hetero) is 1. The van der Waals surface area contributed by atoms with Gasteiger partial charge < -0.3 is 19.5 Å². The molecule has 186 valence electrons. The lowest BCUT2D eigenvalue weighted by Gasteiger charge is -2.25. The van der Waals surface area contributed by atoms with Crippen molar-refractivity contribution >= 4 is 17.4 Å². The molecule has 0 bridgehead atoms. The number of aryl methyl sites for hydroxylation is 2. The summed E-state index contributed by atoms with van der Waals surface area (Å²) in [7, 11) is 1.60. The van der Waals surface area contributed by atoms with Crippen molar-refractivity contribution in [3.05, 3.63) is 106 Å². The Bertz CT molecular complexity index is 1260. The predicted molar refractivity (Wildman–Crippen MR) is 139 cm³/mol. The third-order valence-corrected chi connectivity index (χ3v) is 6.38. The van der Waals surface area contributed by atoms with Gasteiger partial charge >= 0.3 is 0 Å². The molecule has 36 heavy (non-hydrogen) atoms. The van der Waals surface area contributed by atoms with E-state index >= 15 is 0 Å². The number of carbonyl (C=O) groups excluding carboxylic acids is 2. The second-order valence-electron chi connectivity index (χ2n) is 9.00. The summed E-state index contributed by atoms with van der Waals surface area (Å²) < 4.78 is 11.1. The number of likely N-dealkylation sites (tertiary alicyclic amines) is 1. The van der Waals surface area contributed by atoms with E-state index in [9.17, 15) is 14.7 Å². The number of aliphatic hydroxyl groups excluding tert-OH is 1. The van der Waals surface area contributed by atoms with Crippen molar-refractivity contribution in [1.82, 2.24) is 4.90 Å². The van der Waals surface area contributed by atoms with Gasteiger partial charge in [-0.3, -0.25) is 9.59 Å². The van der Waals surface area contributed by atoms with Crippen LogP contribution in [0.5, 0.6) is 5.75 Å². The largest absolute Gasteiger partial charge is 0.507 e. The summed E-state index contributed by atoms with van der Waals surface area (Å²) >= 11 is 0. The fourth-order valence-electron chi connectivity index (χ4n) is 4.46. The lowest BCUT2D eigenvalue weighted by atomic mass is 9.93. The van der Waals surface area contributed by atoms with Crippen LogP contribution in [0, 0.1) is 13.8 Å². The molecule has 0 saturated carbocycles. The first-order chi connectivity index (χ1) is 17.4. The fourth-order valence-corrected chi connectivity index (χ4v) is 4.46. The van der Waals surface area contributed by atoms with Gasteiger partial charge in [0.25, 0.3) is 11.7 Å². The van der Waals surface area contributed by atoms with Crippen LogP contribution in [0.3, 0.4) is 0 Å².